The van der Waals surface area contributed by atoms with Crippen LogP contribution in [-0.2, 0) is 6.54 Å². The predicted octanol–water partition coefficient (Wildman–Crippen LogP) is 3.73. The Morgan fingerprint density at radius 1 is 1.38 bits per heavy atom. The fourth-order valence-electron chi connectivity index (χ4n) is 2.88. The highest BCUT2D eigenvalue weighted by Crippen LogP contribution is 2.29. The molecule has 4 rings (SSSR count). The van der Waals surface area contributed by atoms with Crippen LogP contribution in [0.3, 0.4) is 0 Å². The Morgan fingerprint density at radius 3 is 3.12 bits per heavy atom. The summed E-state index contributed by atoms with van der Waals surface area (Å²) in [6.45, 7) is 1.73. The van der Waals surface area contributed by atoms with E-state index in [2.05, 4.69) is 27.9 Å². The first-order chi connectivity index (χ1) is 11.8. The second-order valence-electron chi connectivity index (χ2n) is 5.76. The quantitative estimate of drug-likeness (QED) is 0.731. The molecule has 0 radical (unpaired) electrons. The van der Waals surface area contributed by atoms with Crippen molar-refractivity contribution in [1.82, 2.24) is 15.1 Å². The van der Waals surface area contributed by atoms with Crippen molar-refractivity contribution < 1.29 is 4.79 Å². The molecule has 3 aromatic rings. The van der Waals surface area contributed by atoms with Gasteiger partial charge in [-0.05, 0) is 43.0 Å². The van der Waals surface area contributed by atoms with E-state index in [9.17, 15) is 4.79 Å². The molecule has 1 aliphatic rings. The van der Waals surface area contributed by atoms with Crippen LogP contribution in [0, 0.1) is 0 Å². The van der Waals surface area contributed by atoms with Crippen LogP contribution in [0.15, 0.2) is 41.9 Å². The number of hydrogen-bond donors (Lipinski definition) is 2. The number of thiophene rings is 2. The van der Waals surface area contributed by atoms with Crippen LogP contribution in [0.5, 0.6) is 0 Å². The highest BCUT2D eigenvalue weighted by molar-refractivity contribution is 7.14. The van der Waals surface area contributed by atoms with Gasteiger partial charge in [0.2, 0.25) is 0 Å². The minimum Gasteiger partial charge on any atom is -0.309 e. The molecule has 7 heteroatoms. The number of carbonyl (C=O) groups is 1. The molecule has 3 aromatic heterocycles. The highest BCUT2D eigenvalue weighted by atomic mass is 32.1. The molecule has 1 fully saturated rings. The lowest BCUT2D eigenvalue weighted by molar-refractivity contribution is 0.102. The smallest absolute Gasteiger partial charge is 0.266 e. The Labute approximate surface area is 148 Å². The third kappa shape index (κ3) is 3.28. The molecule has 1 saturated heterocycles. The zero-order valence-corrected chi connectivity index (χ0v) is 14.7. The number of amides is 1. The van der Waals surface area contributed by atoms with Crippen LogP contribution in [0.1, 0.15) is 38.3 Å². The lowest BCUT2D eigenvalue weighted by Gasteiger charge is -2.08. The first kappa shape index (κ1) is 15.6. The van der Waals surface area contributed by atoms with Crippen molar-refractivity contribution in [2.75, 3.05) is 11.9 Å². The second kappa shape index (κ2) is 6.88. The number of rotatable bonds is 5. The van der Waals surface area contributed by atoms with Crippen molar-refractivity contribution in [1.29, 1.82) is 0 Å². The fourth-order valence-corrected chi connectivity index (χ4v) is 4.58. The summed E-state index contributed by atoms with van der Waals surface area (Å²) >= 11 is 3.25. The molecule has 0 saturated carbocycles. The van der Waals surface area contributed by atoms with Gasteiger partial charge in [-0.1, -0.05) is 6.07 Å². The summed E-state index contributed by atoms with van der Waals surface area (Å²) in [5.41, 5.74) is 0. The van der Waals surface area contributed by atoms with Crippen molar-refractivity contribution in [3.05, 3.63) is 56.5 Å². The van der Waals surface area contributed by atoms with Crippen LogP contribution >= 0.6 is 22.7 Å². The van der Waals surface area contributed by atoms with E-state index >= 15 is 0 Å². The maximum atomic E-state index is 12.5. The van der Waals surface area contributed by atoms with Crippen molar-refractivity contribution >= 4 is 34.4 Å². The van der Waals surface area contributed by atoms with Gasteiger partial charge < -0.3 is 10.6 Å². The average molecular weight is 358 g/mol. The minimum atomic E-state index is -0.0721. The Kier molecular flexibility index (Phi) is 4.46. The minimum absolute atomic E-state index is 0.0721. The zero-order chi connectivity index (χ0) is 16.4. The summed E-state index contributed by atoms with van der Waals surface area (Å²) < 4.78 is 1.82. The van der Waals surface area contributed by atoms with E-state index in [-0.39, 0.29) is 5.91 Å². The number of carbonyl (C=O) groups excluding carboxylic acids is 1. The number of nitrogens with zero attached hydrogens (tertiary/aromatic N) is 2. The van der Waals surface area contributed by atoms with E-state index in [1.54, 1.807) is 28.9 Å². The standard InChI is InChI=1S/C17H18N4OS2/c22-17(15-6-5-14(24-15)13-4-1-8-18-13)20-16-7-9-19-21(16)11-12-3-2-10-23-12/h2-3,5-7,9-10,13,18H,1,4,8,11H2,(H,20,22)/t13-/m0/s1. The largest absolute Gasteiger partial charge is 0.309 e. The van der Waals surface area contributed by atoms with E-state index in [1.807, 2.05) is 28.3 Å². The van der Waals surface area contributed by atoms with Crippen molar-refractivity contribution in [3.63, 3.8) is 0 Å². The summed E-state index contributed by atoms with van der Waals surface area (Å²) in [7, 11) is 0. The third-order valence-corrected chi connectivity index (χ3v) is 6.16. The second-order valence-corrected chi connectivity index (χ2v) is 7.91. The molecule has 0 spiro atoms. The topological polar surface area (TPSA) is 59.0 Å². The summed E-state index contributed by atoms with van der Waals surface area (Å²) in [4.78, 5) is 15.7. The van der Waals surface area contributed by atoms with Crippen molar-refractivity contribution in [3.8, 4) is 0 Å². The number of aromatic nitrogens is 2. The summed E-state index contributed by atoms with van der Waals surface area (Å²) in [5.74, 6) is 0.652. The maximum Gasteiger partial charge on any atom is 0.266 e. The van der Waals surface area contributed by atoms with Crippen LogP contribution in [0.4, 0.5) is 5.82 Å². The van der Waals surface area contributed by atoms with Gasteiger partial charge >= 0.3 is 0 Å². The molecule has 124 valence electrons. The lowest BCUT2D eigenvalue weighted by atomic mass is 10.2. The first-order valence-electron chi connectivity index (χ1n) is 7.98. The van der Waals surface area contributed by atoms with Gasteiger partial charge in [0.15, 0.2) is 0 Å². The normalized spacial score (nSPS) is 17.2. The van der Waals surface area contributed by atoms with Crippen molar-refractivity contribution in [2.45, 2.75) is 25.4 Å². The Morgan fingerprint density at radius 2 is 2.33 bits per heavy atom. The van der Waals surface area contributed by atoms with Gasteiger partial charge in [0.25, 0.3) is 5.91 Å². The molecule has 0 bridgehead atoms. The number of anilines is 1. The van der Waals surface area contributed by atoms with Crippen LogP contribution in [0.25, 0.3) is 0 Å². The third-order valence-electron chi connectivity index (χ3n) is 4.10. The molecule has 2 N–H and O–H groups in total. The van der Waals surface area contributed by atoms with Gasteiger partial charge in [-0.15, -0.1) is 22.7 Å². The van der Waals surface area contributed by atoms with E-state index in [0.717, 1.165) is 23.7 Å². The molecule has 0 unspecified atom stereocenters. The van der Waals surface area contributed by atoms with Crippen LogP contribution < -0.4 is 10.6 Å². The predicted molar refractivity (Wildman–Crippen MR) is 97.9 cm³/mol. The summed E-state index contributed by atoms with van der Waals surface area (Å²) in [6, 6.07) is 10.3. The van der Waals surface area contributed by atoms with E-state index in [4.69, 9.17) is 0 Å². The maximum absolute atomic E-state index is 12.5. The Hall–Kier alpha value is -1.96. The molecular formula is C17H18N4OS2. The van der Waals surface area contributed by atoms with Crippen LogP contribution in [0.2, 0.25) is 0 Å². The summed E-state index contributed by atoms with van der Waals surface area (Å²) in [6.07, 6.45) is 4.06. The highest BCUT2D eigenvalue weighted by Gasteiger charge is 2.20. The van der Waals surface area contributed by atoms with Gasteiger partial charge in [0.1, 0.15) is 5.82 Å². The van der Waals surface area contributed by atoms with E-state index in [1.165, 1.54) is 16.2 Å². The molecule has 4 heterocycles. The molecule has 1 amide bonds. The van der Waals surface area contributed by atoms with Crippen molar-refractivity contribution in [2.24, 2.45) is 0 Å². The zero-order valence-electron chi connectivity index (χ0n) is 13.1. The first-order valence-corrected chi connectivity index (χ1v) is 9.68. The number of hydrogen-bond acceptors (Lipinski definition) is 5. The van der Waals surface area contributed by atoms with Gasteiger partial charge in [0, 0.05) is 21.9 Å². The SMILES string of the molecule is O=C(Nc1ccnn1Cc1cccs1)c1ccc([C@@H]2CCCN2)s1. The Balaban J connectivity index is 1.45. The molecule has 1 atom stereocenters. The van der Waals surface area contributed by atoms with E-state index in [0.29, 0.717) is 12.6 Å². The van der Waals surface area contributed by atoms with Gasteiger partial charge in [0.05, 0.1) is 17.6 Å². The summed E-state index contributed by atoms with van der Waals surface area (Å²) in [5, 5.41) is 12.8. The Bertz CT molecular complexity index is 815. The monoisotopic (exact) mass is 358 g/mol. The molecule has 24 heavy (non-hydrogen) atoms. The molecule has 5 nitrogen and oxygen atoms in total. The van der Waals surface area contributed by atoms with Gasteiger partial charge in [-0.3, -0.25) is 4.79 Å². The molecule has 1 aliphatic heterocycles. The molecule has 0 aliphatic carbocycles. The molecular weight excluding hydrogens is 340 g/mol. The lowest BCUT2D eigenvalue weighted by Crippen LogP contribution is -2.15. The van der Waals surface area contributed by atoms with Gasteiger partial charge in [-0.2, -0.15) is 5.10 Å². The van der Waals surface area contributed by atoms with Gasteiger partial charge in [-0.25, -0.2) is 4.68 Å². The molecule has 0 aromatic carbocycles. The number of nitrogens with one attached hydrogen (secondary N) is 2. The van der Waals surface area contributed by atoms with E-state index < -0.39 is 0 Å². The fraction of sp³-hybridized carbons (Fsp3) is 0.294. The van der Waals surface area contributed by atoms with Crippen LogP contribution in [-0.4, -0.2) is 22.2 Å². The average Bonchev–Trinajstić information content (AvgIpc) is 3.37.